The van der Waals surface area contributed by atoms with Crippen LogP contribution in [0.3, 0.4) is 0 Å². The van der Waals surface area contributed by atoms with Gasteiger partial charge in [-0.1, -0.05) is 12.1 Å². The number of benzene rings is 2. The Hall–Kier alpha value is -3.46. The van der Waals surface area contributed by atoms with Crippen molar-refractivity contribution in [3.63, 3.8) is 0 Å². The second-order valence-corrected chi connectivity index (χ2v) is 7.37. The second-order valence-electron chi connectivity index (χ2n) is 6.65. The van der Waals surface area contributed by atoms with Crippen molar-refractivity contribution in [3.05, 3.63) is 92.4 Å². The lowest BCUT2D eigenvalue weighted by Crippen LogP contribution is -2.20. The molecule has 4 aromatic rings. The Balaban J connectivity index is 1.73. The first-order chi connectivity index (χ1) is 14.4. The van der Waals surface area contributed by atoms with Gasteiger partial charge in [-0.05, 0) is 36.2 Å². The molecular weight excluding hydrogens is 413 g/mol. The third kappa shape index (κ3) is 4.25. The van der Waals surface area contributed by atoms with Crippen molar-refractivity contribution in [2.75, 3.05) is 5.32 Å². The topological polar surface area (TPSA) is 59.8 Å². The van der Waals surface area contributed by atoms with Gasteiger partial charge in [0.2, 0.25) is 11.8 Å². The van der Waals surface area contributed by atoms with Crippen LogP contribution in [0.1, 0.15) is 11.1 Å². The molecule has 0 bridgehead atoms. The predicted molar refractivity (Wildman–Crippen MR) is 109 cm³/mol. The zero-order valence-corrected chi connectivity index (χ0v) is 16.5. The molecule has 0 saturated heterocycles. The first kappa shape index (κ1) is 19.8. The molecule has 1 N–H and O–H groups in total. The zero-order valence-electron chi connectivity index (χ0n) is 15.7. The smallest absolute Gasteiger partial charge is 0.310 e. The van der Waals surface area contributed by atoms with Crippen molar-refractivity contribution >= 4 is 23.0 Å². The number of aromatic nitrogens is 3. The van der Waals surface area contributed by atoms with Crippen molar-refractivity contribution in [2.24, 2.45) is 0 Å². The third-order valence-corrected chi connectivity index (χ3v) is 5.03. The Bertz CT molecular complexity index is 1250. The summed E-state index contributed by atoms with van der Waals surface area (Å²) in [6, 6.07) is 8.65. The number of hydrogen-bond donors (Lipinski definition) is 1. The molecule has 2 aromatic heterocycles. The lowest BCUT2D eigenvalue weighted by molar-refractivity contribution is 0.568. The quantitative estimate of drug-likeness (QED) is 0.492. The van der Waals surface area contributed by atoms with Crippen LogP contribution in [0.2, 0.25) is 0 Å². The Morgan fingerprint density at radius 3 is 2.57 bits per heavy atom. The Morgan fingerprint density at radius 2 is 1.87 bits per heavy atom. The maximum Gasteiger partial charge on any atom is 0.310 e. The minimum atomic E-state index is -1.06. The van der Waals surface area contributed by atoms with Crippen LogP contribution in [0.4, 0.5) is 24.8 Å². The monoisotopic (exact) mass is 428 g/mol. The highest BCUT2D eigenvalue weighted by atomic mass is 32.1. The average molecular weight is 428 g/mol. The number of thiazole rings is 1. The van der Waals surface area contributed by atoms with E-state index in [4.69, 9.17) is 0 Å². The number of aryl methyl sites for hydroxylation is 1. The summed E-state index contributed by atoms with van der Waals surface area (Å²) in [7, 11) is 0. The largest absolute Gasteiger partial charge is 0.325 e. The molecule has 0 aliphatic rings. The molecule has 5 nitrogen and oxygen atoms in total. The Morgan fingerprint density at radius 1 is 1.10 bits per heavy atom. The molecule has 0 aliphatic carbocycles. The van der Waals surface area contributed by atoms with Gasteiger partial charge in [0.05, 0.1) is 17.7 Å². The standard InChI is InChI=1S/C21H15F3N4OS/c1-12-2-3-14(19-10-30-11-25-19)6-18(12)26-21-27-20(29)17(24)9-28(21)8-13-4-15(22)7-16(23)5-13/h2-7,9-11H,8H2,1H3,(H,26,27,29). The third-order valence-electron chi connectivity index (χ3n) is 4.44. The molecule has 0 amide bonds. The Labute approximate surface area is 173 Å². The van der Waals surface area contributed by atoms with E-state index >= 15 is 0 Å². The molecule has 0 aliphatic heterocycles. The van der Waals surface area contributed by atoms with Gasteiger partial charge in [-0.2, -0.15) is 9.37 Å². The molecule has 4 rings (SSSR count). The fourth-order valence-electron chi connectivity index (χ4n) is 2.98. The summed E-state index contributed by atoms with van der Waals surface area (Å²) in [4.78, 5) is 19.9. The van der Waals surface area contributed by atoms with Crippen LogP contribution in [-0.2, 0) is 6.54 Å². The van der Waals surface area contributed by atoms with Gasteiger partial charge >= 0.3 is 5.56 Å². The molecule has 2 heterocycles. The fraction of sp³-hybridized carbons (Fsp3) is 0.0952. The van der Waals surface area contributed by atoms with Gasteiger partial charge in [-0.15, -0.1) is 11.3 Å². The van der Waals surface area contributed by atoms with E-state index in [0.29, 0.717) is 5.69 Å². The molecule has 0 unspecified atom stereocenters. The van der Waals surface area contributed by atoms with Gasteiger partial charge in [-0.25, -0.2) is 13.8 Å². The van der Waals surface area contributed by atoms with Crippen LogP contribution in [0.25, 0.3) is 11.3 Å². The van der Waals surface area contributed by atoms with E-state index in [-0.39, 0.29) is 18.1 Å². The summed E-state index contributed by atoms with van der Waals surface area (Å²) >= 11 is 1.47. The van der Waals surface area contributed by atoms with Crippen molar-refractivity contribution in [3.8, 4) is 11.3 Å². The molecular formula is C21H15F3N4OS. The molecule has 152 valence electrons. The molecule has 30 heavy (non-hydrogen) atoms. The number of nitrogens with one attached hydrogen (secondary N) is 1. The van der Waals surface area contributed by atoms with Crippen LogP contribution in [0.15, 0.2) is 58.3 Å². The summed E-state index contributed by atoms with van der Waals surface area (Å²) < 4.78 is 42.3. The Kier molecular flexibility index (Phi) is 5.37. The van der Waals surface area contributed by atoms with Crippen LogP contribution < -0.4 is 10.9 Å². The fourth-order valence-corrected chi connectivity index (χ4v) is 3.54. The van der Waals surface area contributed by atoms with E-state index in [1.807, 2.05) is 30.5 Å². The second kappa shape index (κ2) is 8.11. The lowest BCUT2D eigenvalue weighted by atomic mass is 10.1. The minimum absolute atomic E-state index is 0.0459. The molecule has 0 saturated carbocycles. The highest BCUT2D eigenvalue weighted by molar-refractivity contribution is 7.07. The van der Waals surface area contributed by atoms with E-state index < -0.39 is 23.0 Å². The maximum atomic E-state index is 13.9. The molecule has 0 spiro atoms. The van der Waals surface area contributed by atoms with Gasteiger partial charge in [0.1, 0.15) is 11.6 Å². The summed E-state index contributed by atoms with van der Waals surface area (Å²) in [6.45, 7) is 1.77. The molecule has 0 fully saturated rings. The van der Waals surface area contributed by atoms with E-state index in [0.717, 1.165) is 41.2 Å². The van der Waals surface area contributed by atoms with E-state index in [2.05, 4.69) is 15.3 Å². The van der Waals surface area contributed by atoms with Crippen LogP contribution in [0, 0.1) is 24.4 Å². The van der Waals surface area contributed by atoms with Crippen molar-refractivity contribution in [2.45, 2.75) is 13.5 Å². The number of halogens is 3. The predicted octanol–water partition coefficient (Wildman–Crippen LogP) is 4.88. The SMILES string of the molecule is Cc1ccc(-c2cscn2)cc1Nc1nc(=O)c(F)cn1Cc1cc(F)cc(F)c1. The number of hydrogen-bond acceptors (Lipinski definition) is 5. The summed E-state index contributed by atoms with van der Waals surface area (Å²) in [5.74, 6) is -2.52. The average Bonchev–Trinajstić information content (AvgIpc) is 3.21. The van der Waals surface area contributed by atoms with Gasteiger partial charge < -0.3 is 9.88 Å². The lowest BCUT2D eigenvalue weighted by Gasteiger charge is -2.16. The highest BCUT2D eigenvalue weighted by Crippen LogP contribution is 2.27. The number of anilines is 2. The van der Waals surface area contributed by atoms with Gasteiger partial charge in [0.15, 0.2) is 0 Å². The normalized spacial score (nSPS) is 10.9. The van der Waals surface area contributed by atoms with Crippen LogP contribution in [-0.4, -0.2) is 14.5 Å². The summed E-state index contributed by atoms with van der Waals surface area (Å²) in [5, 5.41) is 4.94. The first-order valence-corrected chi connectivity index (χ1v) is 9.81. The highest BCUT2D eigenvalue weighted by Gasteiger charge is 2.12. The molecule has 2 aromatic carbocycles. The maximum absolute atomic E-state index is 13.9. The van der Waals surface area contributed by atoms with Crippen molar-refractivity contribution in [1.29, 1.82) is 0 Å². The van der Waals surface area contributed by atoms with Crippen LogP contribution in [0.5, 0.6) is 0 Å². The van der Waals surface area contributed by atoms with Crippen molar-refractivity contribution < 1.29 is 13.2 Å². The summed E-state index contributed by atoms with van der Waals surface area (Å²) in [6.07, 6.45) is 0.958. The van der Waals surface area contributed by atoms with Crippen molar-refractivity contribution in [1.82, 2.24) is 14.5 Å². The van der Waals surface area contributed by atoms with Gasteiger partial charge in [-0.3, -0.25) is 4.79 Å². The van der Waals surface area contributed by atoms with E-state index in [1.54, 1.807) is 5.51 Å². The number of rotatable bonds is 5. The summed E-state index contributed by atoms with van der Waals surface area (Å²) in [5.41, 5.74) is 4.09. The zero-order chi connectivity index (χ0) is 21.3. The molecule has 0 atom stereocenters. The molecule has 9 heteroatoms. The van der Waals surface area contributed by atoms with Crippen LogP contribution >= 0.6 is 11.3 Å². The first-order valence-electron chi connectivity index (χ1n) is 8.87. The van der Waals surface area contributed by atoms with Gasteiger partial charge in [0, 0.05) is 28.9 Å². The van der Waals surface area contributed by atoms with E-state index in [9.17, 15) is 18.0 Å². The van der Waals surface area contributed by atoms with Gasteiger partial charge in [0.25, 0.3) is 0 Å². The molecule has 0 radical (unpaired) electrons. The number of nitrogens with zero attached hydrogens (tertiary/aromatic N) is 3. The minimum Gasteiger partial charge on any atom is -0.325 e. The van der Waals surface area contributed by atoms with E-state index in [1.165, 1.54) is 15.9 Å².